The van der Waals surface area contributed by atoms with E-state index in [9.17, 15) is 9.59 Å². The van der Waals surface area contributed by atoms with E-state index < -0.39 is 16.6 Å². The van der Waals surface area contributed by atoms with Gasteiger partial charge in [0.2, 0.25) is 4.87 Å². The van der Waals surface area contributed by atoms with Gasteiger partial charge in [0.25, 0.3) is 5.91 Å². The molecule has 1 atom stereocenters. The third-order valence-corrected chi connectivity index (χ3v) is 4.44. The summed E-state index contributed by atoms with van der Waals surface area (Å²) >= 11 is 12.5. The van der Waals surface area contributed by atoms with E-state index in [1.807, 2.05) is 0 Å². The van der Waals surface area contributed by atoms with Crippen LogP contribution in [-0.4, -0.2) is 18.8 Å². The number of ketones is 1. The number of rotatable bonds is 2. The molecule has 4 nitrogen and oxygen atoms in total. The van der Waals surface area contributed by atoms with Gasteiger partial charge in [-0.05, 0) is 17.7 Å². The summed E-state index contributed by atoms with van der Waals surface area (Å²) in [4.78, 5) is 23.5. The van der Waals surface area contributed by atoms with Gasteiger partial charge in [-0.25, -0.2) is 0 Å². The summed E-state index contributed by atoms with van der Waals surface area (Å²) in [6.45, 7) is 0. The van der Waals surface area contributed by atoms with Crippen molar-refractivity contribution in [1.82, 2.24) is 0 Å². The fourth-order valence-corrected chi connectivity index (χ4v) is 2.94. The highest BCUT2D eigenvalue weighted by Crippen LogP contribution is 2.42. The summed E-state index contributed by atoms with van der Waals surface area (Å²) in [6.07, 6.45) is 0. The molecule has 22 heavy (non-hydrogen) atoms. The Labute approximate surface area is 137 Å². The largest absolute Gasteiger partial charge is 0.495 e. The van der Waals surface area contributed by atoms with Crippen molar-refractivity contribution >= 4 is 40.6 Å². The van der Waals surface area contributed by atoms with Crippen molar-refractivity contribution in [2.75, 3.05) is 12.4 Å². The average molecular weight is 336 g/mol. The molecule has 0 saturated carbocycles. The molecule has 1 heterocycles. The summed E-state index contributed by atoms with van der Waals surface area (Å²) in [6, 6.07) is 11.5. The second-order valence-electron chi connectivity index (χ2n) is 4.84. The predicted molar refractivity (Wildman–Crippen MR) is 84.9 cm³/mol. The van der Waals surface area contributed by atoms with Gasteiger partial charge in [-0.3, -0.25) is 9.59 Å². The number of carbonyl (C=O) groups excluding carboxylic acids is 2. The molecule has 1 aliphatic heterocycles. The summed E-state index contributed by atoms with van der Waals surface area (Å²) in [7, 11) is 1.45. The molecule has 1 N–H and O–H groups in total. The number of nitrogens with one attached hydrogen (secondary N) is 1. The van der Waals surface area contributed by atoms with E-state index in [4.69, 9.17) is 27.9 Å². The van der Waals surface area contributed by atoms with Crippen LogP contribution in [0.5, 0.6) is 5.75 Å². The first-order chi connectivity index (χ1) is 10.5. The molecule has 0 aliphatic carbocycles. The van der Waals surface area contributed by atoms with Crippen molar-refractivity contribution in [1.29, 1.82) is 0 Å². The van der Waals surface area contributed by atoms with Gasteiger partial charge in [0.05, 0.1) is 17.8 Å². The first-order valence-corrected chi connectivity index (χ1v) is 7.22. The Morgan fingerprint density at radius 3 is 2.45 bits per heavy atom. The summed E-state index contributed by atoms with van der Waals surface area (Å²) in [5.41, 5.74) is 1.01. The van der Waals surface area contributed by atoms with Crippen molar-refractivity contribution in [3.63, 3.8) is 0 Å². The summed E-state index contributed by atoms with van der Waals surface area (Å²) in [5, 5.41) is 2.94. The van der Waals surface area contributed by atoms with Gasteiger partial charge < -0.3 is 10.1 Å². The van der Waals surface area contributed by atoms with E-state index in [2.05, 4.69) is 5.32 Å². The van der Waals surface area contributed by atoms with Crippen LogP contribution in [0.25, 0.3) is 0 Å². The Morgan fingerprint density at radius 2 is 1.82 bits per heavy atom. The van der Waals surface area contributed by atoms with Crippen LogP contribution in [0.1, 0.15) is 15.9 Å². The van der Waals surface area contributed by atoms with Gasteiger partial charge in [0.1, 0.15) is 5.75 Å². The molecule has 1 amide bonds. The standard InChI is InChI=1S/C16H11Cl2NO3/c1-22-13-7-10-12(8-11(13)17)19-15(21)16(18,14(10)20)9-5-3-2-4-6-9/h2-8H,1H3,(H,19,21). The molecule has 0 fully saturated rings. The number of amides is 1. The second kappa shape index (κ2) is 5.30. The Bertz CT molecular complexity index is 776. The third kappa shape index (κ3) is 2.07. The van der Waals surface area contributed by atoms with Crippen LogP contribution in [-0.2, 0) is 9.67 Å². The zero-order chi connectivity index (χ0) is 15.9. The number of anilines is 1. The monoisotopic (exact) mass is 335 g/mol. The molecule has 112 valence electrons. The first-order valence-electron chi connectivity index (χ1n) is 6.46. The molecule has 6 heteroatoms. The Hall–Kier alpha value is -2.04. The lowest BCUT2D eigenvalue weighted by atomic mass is 9.85. The molecule has 0 saturated heterocycles. The molecular weight excluding hydrogens is 325 g/mol. The Balaban J connectivity index is 2.19. The molecule has 3 rings (SSSR count). The van der Waals surface area contributed by atoms with Crippen LogP contribution in [0.2, 0.25) is 5.02 Å². The van der Waals surface area contributed by atoms with Gasteiger partial charge in [-0.15, -0.1) is 0 Å². The molecule has 0 aromatic heterocycles. The van der Waals surface area contributed by atoms with Crippen LogP contribution in [0.3, 0.4) is 0 Å². The highest BCUT2D eigenvalue weighted by atomic mass is 35.5. The summed E-state index contributed by atoms with van der Waals surface area (Å²) in [5.74, 6) is -0.759. The maximum Gasteiger partial charge on any atom is 0.258 e. The normalized spacial score (nSPS) is 20.3. The zero-order valence-electron chi connectivity index (χ0n) is 11.5. The van der Waals surface area contributed by atoms with Crippen LogP contribution in [0.15, 0.2) is 42.5 Å². The third-order valence-electron chi connectivity index (χ3n) is 3.58. The highest BCUT2D eigenvalue weighted by molar-refractivity contribution is 6.51. The quantitative estimate of drug-likeness (QED) is 0.673. The Kier molecular flexibility index (Phi) is 3.59. The van der Waals surface area contributed by atoms with E-state index in [0.29, 0.717) is 22.0 Å². The first kappa shape index (κ1) is 14.9. The van der Waals surface area contributed by atoms with Crippen molar-refractivity contribution in [3.05, 3.63) is 58.6 Å². The van der Waals surface area contributed by atoms with Gasteiger partial charge in [-0.1, -0.05) is 53.5 Å². The number of hydrogen-bond acceptors (Lipinski definition) is 3. The van der Waals surface area contributed by atoms with E-state index >= 15 is 0 Å². The zero-order valence-corrected chi connectivity index (χ0v) is 13.0. The minimum atomic E-state index is -1.80. The highest BCUT2D eigenvalue weighted by Gasteiger charge is 2.50. The summed E-state index contributed by atoms with van der Waals surface area (Å²) < 4.78 is 5.12. The van der Waals surface area contributed by atoms with Gasteiger partial charge in [0, 0.05) is 5.56 Å². The maximum atomic E-state index is 12.8. The maximum absolute atomic E-state index is 12.8. The van der Waals surface area contributed by atoms with E-state index in [1.165, 1.54) is 19.2 Å². The second-order valence-corrected chi connectivity index (χ2v) is 5.81. The molecule has 1 unspecified atom stereocenters. The van der Waals surface area contributed by atoms with Crippen molar-refractivity contribution in [2.24, 2.45) is 0 Å². The van der Waals surface area contributed by atoms with Crippen LogP contribution in [0, 0.1) is 0 Å². The molecule has 1 aliphatic rings. The van der Waals surface area contributed by atoms with Gasteiger partial charge in [0.15, 0.2) is 5.78 Å². The number of benzene rings is 2. The number of ether oxygens (including phenoxy) is 1. The number of carbonyl (C=O) groups is 2. The lowest BCUT2D eigenvalue weighted by Gasteiger charge is -2.31. The number of hydrogen-bond donors (Lipinski definition) is 1. The molecule has 0 spiro atoms. The van der Waals surface area contributed by atoms with Crippen molar-refractivity contribution in [2.45, 2.75) is 4.87 Å². The lowest BCUT2D eigenvalue weighted by molar-refractivity contribution is -0.117. The number of alkyl halides is 1. The minimum absolute atomic E-state index is 0.264. The number of fused-ring (bicyclic) bond motifs is 1. The van der Waals surface area contributed by atoms with Crippen molar-refractivity contribution < 1.29 is 14.3 Å². The van der Waals surface area contributed by atoms with E-state index in [1.54, 1.807) is 30.3 Å². The van der Waals surface area contributed by atoms with Crippen LogP contribution < -0.4 is 10.1 Å². The number of Topliss-reactive ketones (excluding diaryl/α,β-unsaturated/α-hetero) is 1. The molecule has 2 aromatic rings. The molecule has 0 radical (unpaired) electrons. The van der Waals surface area contributed by atoms with Gasteiger partial charge in [-0.2, -0.15) is 0 Å². The van der Waals surface area contributed by atoms with E-state index in [-0.39, 0.29) is 5.56 Å². The topological polar surface area (TPSA) is 55.4 Å². The molecule has 2 aromatic carbocycles. The SMILES string of the molecule is COc1cc2c(cc1Cl)NC(=O)C(Cl)(c1ccccc1)C2=O. The predicted octanol–water partition coefficient (Wildman–Crippen LogP) is 3.62. The number of halogens is 2. The fourth-order valence-electron chi connectivity index (χ4n) is 2.43. The van der Waals surface area contributed by atoms with Crippen LogP contribution >= 0.6 is 23.2 Å². The van der Waals surface area contributed by atoms with E-state index in [0.717, 1.165) is 0 Å². The smallest absolute Gasteiger partial charge is 0.258 e. The minimum Gasteiger partial charge on any atom is -0.495 e. The number of methoxy groups -OCH3 is 1. The molecular formula is C16H11Cl2NO3. The lowest BCUT2D eigenvalue weighted by Crippen LogP contribution is -2.46. The molecule has 0 bridgehead atoms. The van der Waals surface area contributed by atoms with Crippen molar-refractivity contribution in [3.8, 4) is 5.75 Å². The fraction of sp³-hybridized carbons (Fsp3) is 0.125. The van der Waals surface area contributed by atoms with Gasteiger partial charge >= 0.3 is 0 Å². The van der Waals surface area contributed by atoms with Crippen LogP contribution in [0.4, 0.5) is 5.69 Å². The average Bonchev–Trinajstić information content (AvgIpc) is 2.53. The Morgan fingerprint density at radius 1 is 1.14 bits per heavy atom.